The maximum absolute atomic E-state index is 12.7. The molecule has 1 aromatic heterocycles. The van der Waals surface area contributed by atoms with Crippen molar-refractivity contribution < 1.29 is 13.9 Å². The molecule has 1 N–H and O–H groups in total. The van der Waals surface area contributed by atoms with E-state index in [1.165, 1.54) is 0 Å². The van der Waals surface area contributed by atoms with E-state index in [9.17, 15) is 4.79 Å². The second kappa shape index (κ2) is 9.20. The number of carbonyl (C=O) groups is 1. The zero-order valence-corrected chi connectivity index (χ0v) is 19.6. The molecule has 0 fully saturated rings. The maximum Gasteiger partial charge on any atom is 0.255 e. The Bertz CT molecular complexity index is 1490. The molecule has 5 rings (SSSR count). The molecule has 0 aliphatic rings. The minimum atomic E-state index is -0.207. The van der Waals surface area contributed by atoms with E-state index in [0.29, 0.717) is 33.3 Å². The summed E-state index contributed by atoms with van der Waals surface area (Å²) in [4.78, 5) is 17.4. The molecule has 1 atom stereocenters. The van der Waals surface area contributed by atoms with Gasteiger partial charge in [0.2, 0.25) is 5.89 Å². The van der Waals surface area contributed by atoms with Crippen LogP contribution in [0.1, 0.15) is 30.6 Å². The van der Waals surface area contributed by atoms with Crippen LogP contribution in [0, 0.1) is 0 Å². The van der Waals surface area contributed by atoms with E-state index in [4.69, 9.17) is 20.8 Å². The van der Waals surface area contributed by atoms with Crippen LogP contribution in [0.3, 0.4) is 0 Å². The SMILES string of the molecule is CCC(C)Oc1ccc(C(=O)Nc2ccc3oc(-c4cccc5c(Cl)cccc45)nc3c2)cc1. The van der Waals surface area contributed by atoms with E-state index >= 15 is 0 Å². The summed E-state index contributed by atoms with van der Waals surface area (Å²) in [6.07, 6.45) is 1.05. The number of carbonyl (C=O) groups excluding carboxylic acids is 1. The predicted octanol–water partition coefficient (Wildman–Crippen LogP) is 7.73. The number of halogens is 1. The molecule has 0 radical (unpaired) electrons. The average Bonchev–Trinajstić information content (AvgIpc) is 3.27. The van der Waals surface area contributed by atoms with Gasteiger partial charge in [-0.3, -0.25) is 4.79 Å². The normalized spacial score (nSPS) is 12.1. The van der Waals surface area contributed by atoms with Crippen LogP contribution in [0.4, 0.5) is 5.69 Å². The van der Waals surface area contributed by atoms with E-state index in [-0.39, 0.29) is 12.0 Å². The molecule has 0 saturated carbocycles. The van der Waals surface area contributed by atoms with Crippen molar-refractivity contribution in [3.05, 3.63) is 89.4 Å². The molecular formula is C28H23ClN2O3. The zero-order valence-electron chi connectivity index (χ0n) is 18.8. The molecule has 4 aromatic carbocycles. The third-order valence-corrected chi connectivity index (χ3v) is 6.10. The summed E-state index contributed by atoms with van der Waals surface area (Å²) in [5.41, 5.74) is 3.34. The molecule has 5 aromatic rings. The van der Waals surface area contributed by atoms with Crippen molar-refractivity contribution in [3.63, 3.8) is 0 Å². The highest BCUT2D eigenvalue weighted by Crippen LogP contribution is 2.34. The van der Waals surface area contributed by atoms with E-state index < -0.39 is 0 Å². The first kappa shape index (κ1) is 22.0. The summed E-state index contributed by atoms with van der Waals surface area (Å²) >= 11 is 6.35. The Hall–Kier alpha value is -3.83. The highest BCUT2D eigenvalue weighted by molar-refractivity contribution is 6.35. The fourth-order valence-electron chi connectivity index (χ4n) is 3.78. The van der Waals surface area contributed by atoms with Gasteiger partial charge in [-0.25, -0.2) is 4.98 Å². The van der Waals surface area contributed by atoms with Crippen molar-refractivity contribution in [1.29, 1.82) is 0 Å². The fourth-order valence-corrected chi connectivity index (χ4v) is 4.02. The average molecular weight is 471 g/mol. The Morgan fingerprint density at radius 2 is 1.79 bits per heavy atom. The van der Waals surface area contributed by atoms with Gasteiger partial charge in [-0.15, -0.1) is 0 Å². The molecule has 0 aliphatic heterocycles. The first-order valence-corrected chi connectivity index (χ1v) is 11.6. The van der Waals surface area contributed by atoms with Gasteiger partial charge in [-0.05, 0) is 73.3 Å². The number of aromatic nitrogens is 1. The summed E-state index contributed by atoms with van der Waals surface area (Å²) in [5, 5.41) is 5.52. The first-order valence-electron chi connectivity index (χ1n) is 11.2. The van der Waals surface area contributed by atoms with Crippen LogP contribution in [-0.2, 0) is 0 Å². The third-order valence-electron chi connectivity index (χ3n) is 5.77. The number of hydrogen-bond acceptors (Lipinski definition) is 4. The summed E-state index contributed by atoms with van der Waals surface area (Å²) < 4.78 is 11.8. The standard InChI is InChI=1S/C28H23ClN2O3/c1-3-17(2)33-20-13-10-18(11-14-20)27(32)30-19-12-15-26-25(16-19)31-28(34-26)23-8-4-7-22-21(23)6-5-9-24(22)29/h4-17H,3H2,1-2H3,(H,30,32). The highest BCUT2D eigenvalue weighted by Gasteiger charge is 2.14. The predicted molar refractivity (Wildman–Crippen MR) is 137 cm³/mol. The Labute approximate surface area is 202 Å². The monoisotopic (exact) mass is 470 g/mol. The van der Waals surface area contributed by atoms with Crippen LogP contribution in [0.25, 0.3) is 33.3 Å². The molecular weight excluding hydrogens is 448 g/mol. The molecule has 5 nitrogen and oxygen atoms in total. The molecule has 34 heavy (non-hydrogen) atoms. The molecule has 0 saturated heterocycles. The molecule has 0 spiro atoms. The van der Waals surface area contributed by atoms with Gasteiger partial charge in [0.25, 0.3) is 5.91 Å². The van der Waals surface area contributed by atoms with Crippen molar-refractivity contribution in [3.8, 4) is 17.2 Å². The smallest absolute Gasteiger partial charge is 0.255 e. The van der Waals surface area contributed by atoms with Crippen LogP contribution < -0.4 is 10.1 Å². The van der Waals surface area contributed by atoms with Gasteiger partial charge < -0.3 is 14.5 Å². The Balaban J connectivity index is 1.38. The molecule has 6 heteroatoms. The first-order chi connectivity index (χ1) is 16.5. The van der Waals surface area contributed by atoms with E-state index in [1.54, 1.807) is 24.3 Å². The lowest BCUT2D eigenvalue weighted by Gasteiger charge is -2.12. The second-order valence-corrected chi connectivity index (χ2v) is 8.56. The van der Waals surface area contributed by atoms with Gasteiger partial charge in [-0.1, -0.05) is 42.8 Å². The van der Waals surface area contributed by atoms with Gasteiger partial charge in [0.15, 0.2) is 5.58 Å². The summed E-state index contributed by atoms with van der Waals surface area (Å²) in [7, 11) is 0. The number of nitrogens with one attached hydrogen (secondary N) is 1. The molecule has 1 amide bonds. The summed E-state index contributed by atoms with van der Waals surface area (Å²) in [6.45, 7) is 4.08. The lowest BCUT2D eigenvalue weighted by Crippen LogP contribution is -2.12. The maximum atomic E-state index is 12.7. The molecule has 1 unspecified atom stereocenters. The quantitative estimate of drug-likeness (QED) is 0.275. The lowest BCUT2D eigenvalue weighted by atomic mass is 10.0. The number of anilines is 1. The van der Waals surface area contributed by atoms with E-state index in [2.05, 4.69) is 17.2 Å². The van der Waals surface area contributed by atoms with Crippen molar-refractivity contribution in [2.24, 2.45) is 0 Å². The number of amides is 1. The van der Waals surface area contributed by atoms with Crippen LogP contribution in [0.5, 0.6) is 5.75 Å². The van der Waals surface area contributed by atoms with Crippen LogP contribution in [0.2, 0.25) is 5.02 Å². The minimum absolute atomic E-state index is 0.129. The fraction of sp³-hybridized carbons (Fsp3) is 0.143. The summed E-state index contributed by atoms with van der Waals surface area (Å²) in [5.74, 6) is 1.04. The van der Waals surface area contributed by atoms with Gasteiger partial charge in [-0.2, -0.15) is 0 Å². The van der Waals surface area contributed by atoms with E-state index in [0.717, 1.165) is 28.5 Å². The minimum Gasteiger partial charge on any atom is -0.491 e. The van der Waals surface area contributed by atoms with Crippen molar-refractivity contribution in [1.82, 2.24) is 4.98 Å². The summed E-state index contributed by atoms with van der Waals surface area (Å²) in [6, 6.07) is 24.2. The van der Waals surface area contributed by atoms with Gasteiger partial charge in [0, 0.05) is 27.2 Å². The topological polar surface area (TPSA) is 64.4 Å². The van der Waals surface area contributed by atoms with Crippen LogP contribution in [0.15, 0.2) is 83.3 Å². The van der Waals surface area contributed by atoms with Crippen LogP contribution in [-0.4, -0.2) is 17.0 Å². The molecule has 0 bridgehead atoms. The Morgan fingerprint density at radius 1 is 1.03 bits per heavy atom. The van der Waals surface area contributed by atoms with Crippen molar-refractivity contribution >= 4 is 45.1 Å². The van der Waals surface area contributed by atoms with Crippen molar-refractivity contribution in [2.45, 2.75) is 26.4 Å². The number of oxazole rings is 1. The number of hydrogen-bond donors (Lipinski definition) is 1. The van der Waals surface area contributed by atoms with Crippen LogP contribution >= 0.6 is 11.6 Å². The third kappa shape index (κ3) is 4.35. The van der Waals surface area contributed by atoms with Gasteiger partial charge in [0.1, 0.15) is 11.3 Å². The van der Waals surface area contributed by atoms with Crippen molar-refractivity contribution in [2.75, 3.05) is 5.32 Å². The molecule has 1 heterocycles. The highest BCUT2D eigenvalue weighted by atomic mass is 35.5. The lowest BCUT2D eigenvalue weighted by molar-refractivity contribution is 0.102. The Morgan fingerprint density at radius 3 is 2.59 bits per heavy atom. The zero-order chi connectivity index (χ0) is 23.7. The number of benzene rings is 4. The van der Waals surface area contributed by atoms with Gasteiger partial charge >= 0.3 is 0 Å². The number of fused-ring (bicyclic) bond motifs is 2. The molecule has 170 valence electrons. The molecule has 0 aliphatic carbocycles. The second-order valence-electron chi connectivity index (χ2n) is 8.16. The van der Waals surface area contributed by atoms with Gasteiger partial charge in [0.05, 0.1) is 6.10 Å². The number of nitrogens with zero attached hydrogens (tertiary/aromatic N) is 1. The number of ether oxygens (including phenoxy) is 1. The number of rotatable bonds is 6. The van der Waals surface area contributed by atoms with E-state index in [1.807, 2.05) is 61.5 Å². The Kier molecular flexibility index (Phi) is 5.95. The largest absolute Gasteiger partial charge is 0.491 e.